The lowest BCUT2D eigenvalue weighted by Gasteiger charge is -2.42. The van der Waals surface area contributed by atoms with E-state index >= 15 is 4.39 Å². The maximum atomic E-state index is 15.4. The van der Waals surface area contributed by atoms with Crippen LogP contribution in [-0.2, 0) is 14.8 Å². The SMILES string of the molecule is C=C1CN(CC2CCOC2)C[C@]12[C@@H](c1cc(NC(=O)c3ccc(OC)cn3)ccc1F)N=C(N)N(C)S2(=O)=O. The number of guanidine groups is 1. The van der Waals surface area contributed by atoms with Gasteiger partial charge < -0.3 is 20.5 Å². The van der Waals surface area contributed by atoms with Gasteiger partial charge in [0.15, 0.2) is 4.75 Å². The van der Waals surface area contributed by atoms with E-state index in [1.54, 1.807) is 6.07 Å². The standard InChI is InChI=1S/C26H31FN6O5S/c1-16-12-33(13-17-8-9-38-14-17)15-26(16)23(31-25(28)32(2)39(26,35)36)20-10-18(4-6-21(20)27)30-24(34)22-7-5-19(37-3)11-29-22/h4-7,10-11,17,23H,1,8-9,12-15H2,2-3H3,(H2,28,31)(H,30,34)/t17?,23-,26-/m1/s1. The number of rotatable bonds is 6. The highest BCUT2D eigenvalue weighted by atomic mass is 32.2. The Morgan fingerprint density at radius 3 is 2.82 bits per heavy atom. The van der Waals surface area contributed by atoms with Gasteiger partial charge in [0.05, 0.1) is 19.9 Å². The van der Waals surface area contributed by atoms with Crippen molar-refractivity contribution >= 4 is 27.6 Å². The molecule has 11 nitrogen and oxygen atoms in total. The van der Waals surface area contributed by atoms with Crippen LogP contribution >= 0.6 is 0 Å². The molecule has 0 saturated carbocycles. The minimum Gasteiger partial charge on any atom is -0.495 e. The van der Waals surface area contributed by atoms with Crippen molar-refractivity contribution < 1.29 is 27.1 Å². The average molecular weight is 559 g/mol. The van der Waals surface area contributed by atoms with Gasteiger partial charge in [-0.15, -0.1) is 0 Å². The average Bonchev–Trinajstić information content (AvgIpc) is 3.55. The minimum absolute atomic E-state index is 0.0117. The summed E-state index contributed by atoms with van der Waals surface area (Å²) < 4.78 is 53.2. The van der Waals surface area contributed by atoms with Crippen molar-refractivity contribution in [1.29, 1.82) is 0 Å². The van der Waals surface area contributed by atoms with Crippen LogP contribution in [0.2, 0.25) is 0 Å². The lowest BCUT2D eigenvalue weighted by molar-refractivity contribution is 0.102. The van der Waals surface area contributed by atoms with Gasteiger partial charge in [0, 0.05) is 44.5 Å². The lowest BCUT2D eigenvalue weighted by Crippen LogP contribution is -2.59. The number of pyridine rings is 1. The summed E-state index contributed by atoms with van der Waals surface area (Å²) in [7, 11) is -1.31. The number of nitrogens with two attached hydrogens (primary N) is 1. The number of likely N-dealkylation sites (tertiary alicyclic amines) is 1. The van der Waals surface area contributed by atoms with Crippen LogP contribution in [0.15, 0.2) is 53.7 Å². The Labute approximate surface area is 226 Å². The second-order valence-corrected chi connectivity index (χ2v) is 12.3. The molecule has 3 atom stereocenters. The summed E-state index contributed by atoms with van der Waals surface area (Å²) >= 11 is 0. The van der Waals surface area contributed by atoms with Gasteiger partial charge >= 0.3 is 0 Å². The molecule has 0 bridgehead atoms. The zero-order chi connectivity index (χ0) is 27.9. The lowest BCUT2D eigenvalue weighted by atomic mass is 9.88. The van der Waals surface area contributed by atoms with Crippen molar-refractivity contribution in [2.45, 2.75) is 17.2 Å². The summed E-state index contributed by atoms with van der Waals surface area (Å²) in [6, 6.07) is 5.82. The summed E-state index contributed by atoms with van der Waals surface area (Å²) in [6.45, 7) is 6.43. The van der Waals surface area contributed by atoms with Gasteiger partial charge in [-0.25, -0.2) is 27.1 Å². The molecular formula is C26H31FN6O5S. The van der Waals surface area contributed by atoms with E-state index in [9.17, 15) is 13.2 Å². The molecule has 0 radical (unpaired) electrons. The zero-order valence-corrected chi connectivity index (χ0v) is 22.6. The Morgan fingerprint density at radius 2 is 2.15 bits per heavy atom. The van der Waals surface area contributed by atoms with Crippen LogP contribution < -0.4 is 15.8 Å². The number of nitrogens with zero attached hydrogens (tertiary/aromatic N) is 4. The molecule has 0 aliphatic carbocycles. The van der Waals surface area contributed by atoms with Gasteiger partial charge in [-0.1, -0.05) is 6.58 Å². The van der Waals surface area contributed by atoms with E-state index in [1.807, 2.05) is 4.90 Å². The molecular weight excluding hydrogens is 527 g/mol. The molecule has 3 aliphatic rings. The topological polar surface area (TPSA) is 139 Å². The number of hydrogen-bond donors (Lipinski definition) is 2. The third-order valence-electron chi connectivity index (χ3n) is 7.61. The molecule has 2 fully saturated rings. The van der Waals surface area contributed by atoms with Crippen LogP contribution in [0.1, 0.15) is 28.5 Å². The fraction of sp³-hybridized carbons (Fsp3) is 0.423. The van der Waals surface area contributed by atoms with Crippen molar-refractivity contribution in [3.63, 3.8) is 0 Å². The van der Waals surface area contributed by atoms with Crippen LogP contribution in [0.3, 0.4) is 0 Å². The number of anilines is 1. The number of halogens is 1. The quantitative estimate of drug-likeness (QED) is 0.512. The van der Waals surface area contributed by atoms with Gasteiger partial charge in [0.25, 0.3) is 15.9 Å². The fourth-order valence-corrected chi connectivity index (χ4v) is 7.50. The van der Waals surface area contributed by atoms with Crippen molar-refractivity contribution in [3.05, 3.63) is 65.8 Å². The Bertz CT molecular complexity index is 1430. The van der Waals surface area contributed by atoms with E-state index < -0.39 is 32.5 Å². The van der Waals surface area contributed by atoms with Crippen molar-refractivity contribution in [1.82, 2.24) is 14.2 Å². The van der Waals surface area contributed by atoms with Gasteiger partial charge in [-0.05, 0) is 48.2 Å². The summed E-state index contributed by atoms with van der Waals surface area (Å²) in [5.41, 5.74) is 6.81. The number of ether oxygens (including phenoxy) is 2. The molecule has 1 aromatic heterocycles. The maximum absolute atomic E-state index is 15.4. The molecule has 2 aromatic rings. The first kappa shape index (κ1) is 27.0. The number of sulfonamides is 1. The highest BCUT2D eigenvalue weighted by Crippen LogP contribution is 2.50. The maximum Gasteiger partial charge on any atom is 0.274 e. The Morgan fingerprint density at radius 1 is 1.36 bits per heavy atom. The first-order valence-corrected chi connectivity index (χ1v) is 13.9. The fourth-order valence-electron chi connectivity index (χ4n) is 5.48. The molecule has 13 heteroatoms. The van der Waals surface area contributed by atoms with E-state index in [2.05, 4.69) is 21.9 Å². The van der Waals surface area contributed by atoms with Gasteiger partial charge in [0.2, 0.25) is 5.96 Å². The molecule has 4 heterocycles. The number of nitrogens with one attached hydrogen (secondary N) is 1. The number of aromatic nitrogens is 1. The molecule has 5 rings (SSSR count). The Hall–Kier alpha value is -3.55. The number of methoxy groups -OCH3 is 1. The van der Waals surface area contributed by atoms with Crippen LogP contribution in [0.4, 0.5) is 10.1 Å². The van der Waals surface area contributed by atoms with Crippen LogP contribution in [0, 0.1) is 11.7 Å². The predicted octanol–water partition coefficient (Wildman–Crippen LogP) is 1.76. The zero-order valence-electron chi connectivity index (χ0n) is 21.8. The van der Waals surface area contributed by atoms with Crippen molar-refractivity contribution in [2.24, 2.45) is 16.6 Å². The number of carbonyl (C=O) groups excluding carboxylic acids is 1. The van der Waals surface area contributed by atoms with Crippen LogP contribution in [-0.4, -0.2) is 86.2 Å². The normalized spacial score (nSPS) is 26.6. The van der Waals surface area contributed by atoms with E-state index in [1.165, 1.54) is 44.6 Å². The van der Waals surface area contributed by atoms with Crippen molar-refractivity contribution in [3.8, 4) is 5.75 Å². The first-order valence-electron chi connectivity index (χ1n) is 12.5. The number of amides is 1. The number of benzene rings is 1. The van der Waals surface area contributed by atoms with Crippen molar-refractivity contribution in [2.75, 3.05) is 52.3 Å². The molecule has 1 aromatic carbocycles. The molecule has 1 spiro atoms. The molecule has 1 amide bonds. The van der Waals surface area contributed by atoms with Gasteiger partial charge in [0.1, 0.15) is 23.3 Å². The number of hydrogen-bond acceptors (Lipinski definition) is 9. The minimum atomic E-state index is -4.14. The third kappa shape index (κ3) is 4.64. The first-order chi connectivity index (χ1) is 18.6. The van der Waals surface area contributed by atoms with Gasteiger partial charge in [-0.3, -0.25) is 9.69 Å². The molecule has 1 unspecified atom stereocenters. The van der Waals surface area contributed by atoms with Gasteiger partial charge in [-0.2, -0.15) is 0 Å². The highest BCUT2D eigenvalue weighted by Gasteiger charge is 2.62. The summed E-state index contributed by atoms with van der Waals surface area (Å²) in [5.74, 6) is -0.694. The van der Waals surface area contributed by atoms with Crippen LogP contribution in [0.5, 0.6) is 5.75 Å². The van der Waals surface area contributed by atoms with E-state index in [0.717, 1.165) is 10.7 Å². The molecule has 2 saturated heterocycles. The number of aliphatic imine (C=N–C) groups is 1. The monoisotopic (exact) mass is 558 g/mol. The molecule has 208 valence electrons. The highest BCUT2D eigenvalue weighted by molar-refractivity contribution is 7.91. The van der Waals surface area contributed by atoms with E-state index in [4.69, 9.17) is 15.2 Å². The Balaban J connectivity index is 1.51. The second-order valence-electron chi connectivity index (χ2n) is 10.0. The smallest absolute Gasteiger partial charge is 0.274 e. The molecule has 3 N–H and O–H groups in total. The summed E-state index contributed by atoms with van der Waals surface area (Å²) in [6.07, 6.45) is 2.29. The van der Waals surface area contributed by atoms with E-state index in [-0.39, 0.29) is 35.4 Å². The Kier molecular flexibility index (Phi) is 7.08. The summed E-state index contributed by atoms with van der Waals surface area (Å²) in [5, 5.41) is 2.70. The van der Waals surface area contributed by atoms with E-state index in [0.29, 0.717) is 37.6 Å². The van der Waals surface area contributed by atoms with Crippen LogP contribution in [0.25, 0.3) is 0 Å². The molecule has 39 heavy (non-hydrogen) atoms. The number of carbonyl (C=O) groups is 1. The molecule has 3 aliphatic heterocycles. The largest absolute Gasteiger partial charge is 0.495 e. The second kappa shape index (κ2) is 10.2. The predicted molar refractivity (Wildman–Crippen MR) is 143 cm³/mol. The summed E-state index contributed by atoms with van der Waals surface area (Å²) in [4.78, 5) is 23.4. The third-order valence-corrected chi connectivity index (χ3v) is 10.1.